The first-order valence-electron chi connectivity index (χ1n) is 10.4. The van der Waals surface area contributed by atoms with Crippen LogP contribution in [0.3, 0.4) is 0 Å². The van der Waals surface area contributed by atoms with E-state index in [0.717, 1.165) is 18.4 Å². The fourth-order valence-corrected chi connectivity index (χ4v) is 5.31. The van der Waals surface area contributed by atoms with Gasteiger partial charge in [-0.25, -0.2) is 13.1 Å². The van der Waals surface area contributed by atoms with Gasteiger partial charge in [-0.05, 0) is 54.2 Å². The standard InChI is InChI=1S/C23H29NO6S/c1-29-21-13-10-18(14-22(21)30-2)20(15-23(25)26)24-31(27,28)19-11-8-17(9-12-19)16-6-4-3-5-7-16/h8-14,16,20,24H,3-7,15H2,1-2H3,(H,25,26)/t20-/m1/s1. The van der Waals surface area contributed by atoms with Gasteiger partial charge in [0.25, 0.3) is 0 Å². The minimum atomic E-state index is -3.92. The van der Waals surface area contributed by atoms with Gasteiger partial charge >= 0.3 is 5.97 Å². The van der Waals surface area contributed by atoms with Crippen LogP contribution in [-0.4, -0.2) is 33.7 Å². The summed E-state index contributed by atoms with van der Waals surface area (Å²) >= 11 is 0. The Bertz CT molecular complexity index is 997. The van der Waals surface area contributed by atoms with Crippen LogP contribution in [0.4, 0.5) is 0 Å². The van der Waals surface area contributed by atoms with Crippen molar-refractivity contribution in [2.24, 2.45) is 0 Å². The first-order valence-corrected chi connectivity index (χ1v) is 11.9. The lowest BCUT2D eigenvalue weighted by Gasteiger charge is -2.22. The number of sulfonamides is 1. The van der Waals surface area contributed by atoms with Gasteiger partial charge in [0.1, 0.15) is 0 Å². The van der Waals surface area contributed by atoms with E-state index < -0.39 is 28.5 Å². The monoisotopic (exact) mass is 447 g/mol. The van der Waals surface area contributed by atoms with Crippen LogP contribution in [0.1, 0.15) is 61.6 Å². The molecule has 1 saturated carbocycles. The minimum Gasteiger partial charge on any atom is -0.493 e. The predicted octanol–water partition coefficient (Wildman–Crippen LogP) is 4.25. The summed E-state index contributed by atoms with van der Waals surface area (Å²) in [6.45, 7) is 0. The number of carbonyl (C=O) groups is 1. The van der Waals surface area contributed by atoms with Crippen molar-refractivity contribution in [2.75, 3.05) is 14.2 Å². The summed E-state index contributed by atoms with van der Waals surface area (Å²) in [5.74, 6) is 0.230. The molecule has 2 N–H and O–H groups in total. The molecule has 31 heavy (non-hydrogen) atoms. The van der Waals surface area contributed by atoms with Crippen LogP contribution in [0.5, 0.6) is 11.5 Å². The van der Waals surface area contributed by atoms with Gasteiger partial charge < -0.3 is 14.6 Å². The van der Waals surface area contributed by atoms with Gasteiger partial charge in [-0.15, -0.1) is 0 Å². The number of nitrogens with one attached hydrogen (secondary N) is 1. The lowest BCUT2D eigenvalue weighted by Crippen LogP contribution is -2.30. The highest BCUT2D eigenvalue weighted by Gasteiger charge is 2.25. The van der Waals surface area contributed by atoms with Crippen LogP contribution in [0, 0.1) is 0 Å². The van der Waals surface area contributed by atoms with Crippen molar-refractivity contribution < 1.29 is 27.8 Å². The molecule has 0 spiro atoms. The van der Waals surface area contributed by atoms with Crippen molar-refractivity contribution >= 4 is 16.0 Å². The summed E-state index contributed by atoms with van der Waals surface area (Å²) in [7, 11) is -0.965. The molecule has 2 aromatic carbocycles. The number of carboxylic acid groups (broad SMARTS) is 1. The maximum atomic E-state index is 13.0. The summed E-state index contributed by atoms with van der Waals surface area (Å²) in [6.07, 6.45) is 5.51. The van der Waals surface area contributed by atoms with Crippen molar-refractivity contribution in [3.05, 3.63) is 53.6 Å². The number of carboxylic acids is 1. The molecule has 7 nitrogen and oxygen atoms in total. The van der Waals surface area contributed by atoms with Crippen LogP contribution in [0.2, 0.25) is 0 Å². The molecule has 0 radical (unpaired) electrons. The topological polar surface area (TPSA) is 102 Å². The van der Waals surface area contributed by atoms with Gasteiger partial charge in [-0.3, -0.25) is 4.79 Å². The highest BCUT2D eigenvalue weighted by atomic mass is 32.2. The molecule has 0 saturated heterocycles. The highest BCUT2D eigenvalue weighted by molar-refractivity contribution is 7.89. The number of hydrogen-bond donors (Lipinski definition) is 2. The molecule has 1 fully saturated rings. The number of benzene rings is 2. The number of aliphatic carboxylic acids is 1. The van der Waals surface area contributed by atoms with E-state index >= 15 is 0 Å². The molecule has 1 atom stereocenters. The predicted molar refractivity (Wildman–Crippen MR) is 117 cm³/mol. The Labute approximate surface area is 183 Å². The normalized spacial score (nSPS) is 15.9. The number of ether oxygens (including phenoxy) is 2. The smallest absolute Gasteiger partial charge is 0.305 e. The second-order valence-electron chi connectivity index (χ2n) is 7.79. The molecular weight excluding hydrogens is 418 g/mol. The lowest BCUT2D eigenvalue weighted by atomic mass is 9.84. The molecule has 1 aliphatic rings. The second-order valence-corrected chi connectivity index (χ2v) is 9.50. The molecule has 8 heteroatoms. The number of methoxy groups -OCH3 is 2. The van der Waals surface area contributed by atoms with E-state index in [1.165, 1.54) is 33.5 Å². The molecule has 0 aliphatic heterocycles. The Morgan fingerprint density at radius 2 is 1.68 bits per heavy atom. The maximum Gasteiger partial charge on any atom is 0.305 e. The first kappa shape index (κ1) is 23.1. The van der Waals surface area contributed by atoms with Crippen molar-refractivity contribution in [1.82, 2.24) is 4.72 Å². The molecular formula is C23H29NO6S. The fraction of sp³-hybridized carbons (Fsp3) is 0.435. The molecule has 0 unspecified atom stereocenters. The number of rotatable bonds is 9. The van der Waals surface area contributed by atoms with Gasteiger partial charge in [-0.2, -0.15) is 0 Å². The van der Waals surface area contributed by atoms with E-state index in [4.69, 9.17) is 9.47 Å². The third-order valence-corrected chi connectivity index (χ3v) is 7.24. The fourth-order valence-electron chi connectivity index (χ4n) is 4.08. The van der Waals surface area contributed by atoms with E-state index in [-0.39, 0.29) is 4.90 Å². The van der Waals surface area contributed by atoms with E-state index in [0.29, 0.717) is 23.0 Å². The summed E-state index contributed by atoms with van der Waals surface area (Å²) in [5.41, 5.74) is 1.63. The van der Waals surface area contributed by atoms with E-state index in [9.17, 15) is 18.3 Å². The summed E-state index contributed by atoms with van der Waals surface area (Å²) in [5, 5.41) is 9.33. The molecule has 168 valence electrons. The average Bonchev–Trinajstić information content (AvgIpc) is 2.78. The van der Waals surface area contributed by atoms with Gasteiger partial charge in [0.05, 0.1) is 31.6 Å². The lowest BCUT2D eigenvalue weighted by molar-refractivity contribution is -0.137. The van der Waals surface area contributed by atoms with E-state index in [2.05, 4.69) is 4.72 Å². The SMILES string of the molecule is COc1ccc([C@@H](CC(=O)O)NS(=O)(=O)c2ccc(C3CCCCC3)cc2)cc1OC. The zero-order valence-corrected chi connectivity index (χ0v) is 18.7. The van der Waals surface area contributed by atoms with Gasteiger partial charge in [0.2, 0.25) is 10.0 Å². The van der Waals surface area contributed by atoms with Crippen LogP contribution in [0.25, 0.3) is 0 Å². The Kier molecular flexibility index (Phi) is 7.56. The van der Waals surface area contributed by atoms with Crippen LogP contribution in [0.15, 0.2) is 47.4 Å². The zero-order valence-electron chi connectivity index (χ0n) is 17.8. The van der Waals surface area contributed by atoms with Crippen molar-refractivity contribution in [3.63, 3.8) is 0 Å². The van der Waals surface area contributed by atoms with Crippen LogP contribution < -0.4 is 14.2 Å². The molecule has 0 aromatic heterocycles. The molecule has 0 bridgehead atoms. The van der Waals surface area contributed by atoms with Gasteiger partial charge in [-0.1, -0.05) is 37.5 Å². The Morgan fingerprint density at radius 3 is 2.26 bits per heavy atom. The summed E-state index contributed by atoms with van der Waals surface area (Å²) in [4.78, 5) is 11.5. The molecule has 2 aromatic rings. The average molecular weight is 448 g/mol. The van der Waals surface area contributed by atoms with Gasteiger partial charge in [0, 0.05) is 0 Å². The highest BCUT2D eigenvalue weighted by Crippen LogP contribution is 2.34. The van der Waals surface area contributed by atoms with Crippen LogP contribution >= 0.6 is 0 Å². The van der Waals surface area contributed by atoms with Crippen molar-refractivity contribution in [1.29, 1.82) is 0 Å². The third-order valence-electron chi connectivity index (χ3n) is 5.75. The minimum absolute atomic E-state index is 0.114. The zero-order chi connectivity index (χ0) is 22.4. The van der Waals surface area contributed by atoms with Crippen LogP contribution in [-0.2, 0) is 14.8 Å². The largest absolute Gasteiger partial charge is 0.493 e. The summed E-state index contributed by atoms with van der Waals surface area (Å²) in [6, 6.07) is 10.8. The Balaban J connectivity index is 1.84. The molecule has 0 heterocycles. The quantitative estimate of drug-likeness (QED) is 0.596. The maximum absolute atomic E-state index is 13.0. The van der Waals surface area contributed by atoms with E-state index in [1.54, 1.807) is 30.3 Å². The van der Waals surface area contributed by atoms with Crippen molar-refractivity contribution in [3.8, 4) is 11.5 Å². The third kappa shape index (κ3) is 5.77. The summed E-state index contributed by atoms with van der Waals surface area (Å²) < 4.78 is 39.0. The first-order chi connectivity index (χ1) is 14.8. The Hall–Kier alpha value is -2.58. The Morgan fingerprint density at radius 1 is 1.03 bits per heavy atom. The second kappa shape index (κ2) is 10.2. The molecule has 1 aliphatic carbocycles. The number of hydrogen-bond acceptors (Lipinski definition) is 5. The molecule has 0 amide bonds. The van der Waals surface area contributed by atoms with Gasteiger partial charge in [0.15, 0.2) is 11.5 Å². The van der Waals surface area contributed by atoms with Crippen molar-refractivity contribution in [2.45, 2.75) is 55.4 Å². The molecule has 3 rings (SSSR count). The van der Waals surface area contributed by atoms with E-state index in [1.807, 2.05) is 12.1 Å².